The number of thioether (sulfide) groups is 1. The van der Waals surface area contributed by atoms with E-state index in [2.05, 4.69) is 34.5 Å². The Bertz CT molecular complexity index is 1770. The average Bonchev–Trinajstić information content (AvgIpc) is 3.63. The largest absolute Gasteiger partial charge is 0.507 e. The smallest absolute Gasteiger partial charge is 0.301 e. The first-order chi connectivity index (χ1) is 21.9. The minimum absolute atomic E-state index is 0.0904. The van der Waals surface area contributed by atoms with Crippen LogP contribution in [0.4, 0.5) is 5.13 Å². The van der Waals surface area contributed by atoms with Crippen molar-refractivity contribution in [1.82, 2.24) is 10.2 Å². The summed E-state index contributed by atoms with van der Waals surface area (Å²) in [6, 6.07) is 17.3. The fourth-order valence-electron chi connectivity index (χ4n) is 5.12. The normalized spacial score (nSPS) is 17.0. The molecule has 1 atom stereocenters. The average molecular weight is 646 g/mol. The second-order valence-electron chi connectivity index (χ2n) is 10.2. The first-order valence-electron chi connectivity index (χ1n) is 14.5. The number of rotatable bonds is 10. The SMILES string of the molecule is CCOc1ccc([C@@H]2C(=C(O)c3ccc4c(c3)OCCO4)C(=O)C(=O)N2c2nnc(SCc3ccc(C)cc3)s2)cc1OCC. The zero-order chi connectivity index (χ0) is 31.5. The number of Topliss-reactive ketones (excluding diaryl/α,β-unsaturated/α-hetero) is 1. The van der Waals surface area contributed by atoms with E-state index in [0.29, 0.717) is 70.6 Å². The highest BCUT2D eigenvalue weighted by Crippen LogP contribution is 2.46. The van der Waals surface area contributed by atoms with Gasteiger partial charge in [0.2, 0.25) is 5.13 Å². The van der Waals surface area contributed by atoms with Crippen molar-refractivity contribution in [1.29, 1.82) is 0 Å². The van der Waals surface area contributed by atoms with Gasteiger partial charge in [0.15, 0.2) is 27.3 Å². The third kappa shape index (κ3) is 6.20. The number of hydrogen-bond donors (Lipinski definition) is 1. The standard InChI is InChI=1S/C33H31N3O7S2/c1-4-40-23-12-10-21(16-25(23)41-5-2)28-27(29(37)22-11-13-24-26(17-22)43-15-14-42-24)30(38)31(39)36(28)32-34-35-33(45-32)44-18-20-8-6-19(3)7-9-20/h6-13,16-17,28,37H,4-5,14-15,18H2,1-3H3/t28-/m1/s1. The molecule has 4 aromatic rings. The topological polar surface area (TPSA) is 120 Å². The molecule has 232 valence electrons. The number of nitrogens with zero attached hydrogens (tertiary/aromatic N) is 3. The predicted molar refractivity (Wildman–Crippen MR) is 172 cm³/mol. The van der Waals surface area contributed by atoms with Gasteiger partial charge in [-0.25, -0.2) is 0 Å². The fourth-order valence-corrected chi connectivity index (χ4v) is 6.94. The van der Waals surface area contributed by atoms with Gasteiger partial charge in [-0.3, -0.25) is 14.5 Å². The summed E-state index contributed by atoms with van der Waals surface area (Å²) in [6.07, 6.45) is 0. The first kappa shape index (κ1) is 30.5. The van der Waals surface area contributed by atoms with Crippen LogP contribution in [-0.4, -0.2) is 53.4 Å². The summed E-state index contributed by atoms with van der Waals surface area (Å²) in [4.78, 5) is 28.8. The van der Waals surface area contributed by atoms with Crippen molar-refractivity contribution < 1.29 is 33.6 Å². The molecule has 10 nitrogen and oxygen atoms in total. The maximum atomic E-state index is 13.7. The summed E-state index contributed by atoms with van der Waals surface area (Å²) in [7, 11) is 0. The molecule has 0 saturated carbocycles. The van der Waals surface area contributed by atoms with E-state index < -0.39 is 17.7 Å². The lowest BCUT2D eigenvalue weighted by Crippen LogP contribution is -2.29. The number of carbonyl (C=O) groups is 2. The molecule has 45 heavy (non-hydrogen) atoms. The number of benzene rings is 3. The molecule has 0 aliphatic carbocycles. The van der Waals surface area contributed by atoms with Crippen molar-refractivity contribution in [3.63, 3.8) is 0 Å². The van der Waals surface area contributed by atoms with Gasteiger partial charge in [-0.2, -0.15) is 0 Å². The molecule has 1 N–H and O–H groups in total. The van der Waals surface area contributed by atoms with Gasteiger partial charge >= 0.3 is 5.91 Å². The lowest BCUT2D eigenvalue weighted by atomic mass is 9.95. The molecule has 0 radical (unpaired) electrons. The van der Waals surface area contributed by atoms with E-state index in [9.17, 15) is 14.7 Å². The Morgan fingerprint density at radius 1 is 0.956 bits per heavy atom. The summed E-state index contributed by atoms with van der Waals surface area (Å²) in [5.74, 6) is 0.606. The van der Waals surface area contributed by atoms with Crippen molar-refractivity contribution in [3.05, 3.63) is 88.5 Å². The van der Waals surface area contributed by atoms with E-state index in [1.807, 2.05) is 20.8 Å². The van der Waals surface area contributed by atoms with Gasteiger partial charge in [-0.05, 0) is 62.2 Å². The lowest BCUT2D eigenvalue weighted by Gasteiger charge is -2.24. The van der Waals surface area contributed by atoms with E-state index in [-0.39, 0.29) is 16.5 Å². The van der Waals surface area contributed by atoms with E-state index >= 15 is 0 Å². The molecule has 2 aliphatic rings. The number of anilines is 1. The van der Waals surface area contributed by atoms with Gasteiger partial charge in [-0.15, -0.1) is 10.2 Å². The van der Waals surface area contributed by atoms with Gasteiger partial charge in [0, 0.05) is 11.3 Å². The Kier molecular flexibility index (Phi) is 8.95. The number of ether oxygens (including phenoxy) is 4. The number of aryl methyl sites for hydroxylation is 1. The number of aliphatic hydroxyl groups excluding tert-OH is 1. The number of ketones is 1. The Labute approximate surface area is 268 Å². The van der Waals surface area contributed by atoms with Crippen molar-refractivity contribution in [2.45, 2.75) is 36.9 Å². The minimum atomic E-state index is -1.02. The van der Waals surface area contributed by atoms with Crippen LogP contribution in [0.3, 0.4) is 0 Å². The molecule has 2 aliphatic heterocycles. The van der Waals surface area contributed by atoms with Crippen LogP contribution in [0.15, 0.2) is 70.6 Å². The van der Waals surface area contributed by atoms with E-state index in [0.717, 1.165) is 5.56 Å². The second-order valence-corrected chi connectivity index (χ2v) is 12.4. The van der Waals surface area contributed by atoms with Crippen LogP contribution in [0.1, 0.15) is 42.1 Å². The molecule has 0 bridgehead atoms. The Morgan fingerprint density at radius 3 is 2.44 bits per heavy atom. The number of fused-ring (bicyclic) bond motifs is 1. The van der Waals surface area contributed by atoms with E-state index in [1.165, 1.54) is 33.6 Å². The lowest BCUT2D eigenvalue weighted by molar-refractivity contribution is -0.132. The number of amides is 1. The summed E-state index contributed by atoms with van der Waals surface area (Å²) in [5.41, 5.74) is 3.05. The van der Waals surface area contributed by atoms with Crippen LogP contribution >= 0.6 is 23.1 Å². The van der Waals surface area contributed by atoms with Crippen molar-refractivity contribution >= 4 is 45.7 Å². The highest BCUT2D eigenvalue weighted by Gasteiger charge is 2.48. The number of hydrogen-bond acceptors (Lipinski definition) is 11. The second kappa shape index (κ2) is 13.2. The number of aromatic nitrogens is 2. The molecule has 1 amide bonds. The molecule has 6 rings (SSSR count). The van der Waals surface area contributed by atoms with Gasteiger partial charge in [-0.1, -0.05) is 59.0 Å². The highest BCUT2D eigenvalue weighted by atomic mass is 32.2. The van der Waals surface area contributed by atoms with Gasteiger partial charge < -0.3 is 24.1 Å². The first-order valence-corrected chi connectivity index (χ1v) is 16.3. The maximum Gasteiger partial charge on any atom is 0.301 e. The third-order valence-electron chi connectivity index (χ3n) is 7.23. The summed E-state index contributed by atoms with van der Waals surface area (Å²) in [5, 5.41) is 20.5. The van der Waals surface area contributed by atoms with Crippen LogP contribution in [0.2, 0.25) is 0 Å². The Hall–Kier alpha value is -4.55. The summed E-state index contributed by atoms with van der Waals surface area (Å²) < 4.78 is 23.6. The van der Waals surface area contributed by atoms with Crippen LogP contribution in [-0.2, 0) is 15.3 Å². The van der Waals surface area contributed by atoms with Crippen LogP contribution in [0, 0.1) is 6.92 Å². The molecule has 12 heteroatoms. The quantitative estimate of drug-likeness (QED) is 0.0688. The van der Waals surface area contributed by atoms with Crippen molar-refractivity contribution in [2.75, 3.05) is 31.3 Å². The molecular weight excluding hydrogens is 615 g/mol. The van der Waals surface area contributed by atoms with Crippen molar-refractivity contribution in [2.24, 2.45) is 0 Å². The van der Waals surface area contributed by atoms with Crippen LogP contribution in [0.5, 0.6) is 23.0 Å². The molecule has 3 heterocycles. The fraction of sp³-hybridized carbons (Fsp3) is 0.273. The summed E-state index contributed by atoms with van der Waals surface area (Å²) in [6.45, 7) is 7.33. The number of carbonyl (C=O) groups excluding carboxylic acids is 2. The number of aliphatic hydroxyl groups is 1. The molecular formula is C33H31N3O7S2. The molecule has 3 aromatic carbocycles. The van der Waals surface area contributed by atoms with Gasteiger partial charge in [0.05, 0.1) is 24.8 Å². The zero-order valence-electron chi connectivity index (χ0n) is 24.9. The Morgan fingerprint density at radius 2 is 1.69 bits per heavy atom. The third-order valence-corrected chi connectivity index (χ3v) is 9.36. The Balaban J connectivity index is 1.42. The van der Waals surface area contributed by atoms with Crippen molar-refractivity contribution in [3.8, 4) is 23.0 Å². The zero-order valence-corrected chi connectivity index (χ0v) is 26.6. The highest BCUT2D eigenvalue weighted by molar-refractivity contribution is 8.00. The van der Waals surface area contributed by atoms with Gasteiger partial charge in [0.25, 0.3) is 5.78 Å². The molecule has 1 fully saturated rings. The molecule has 0 unspecified atom stereocenters. The van der Waals surface area contributed by atoms with Crippen LogP contribution in [0.25, 0.3) is 5.76 Å². The van der Waals surface area contributed by atoms with Gasteiger partial charge in [0.1, 0.15) is 19.0 Å². The molecule has 1 aromatic heterocycles. The van der Waals surface area contributed by atoms with E-state index in [1.54, 1.807) is 36.4 Å². The van der Waals surface area contributed by atoms with E-state index in [4.69, 9.17) is 18.9 Å². The monoisotopic (exact) mass is 645 g/mol. The summed E-state index contributed by atoms with van der Waals surface area (Å²) >= 11 is 2.70. The predicted octanol–water partition coefficient (Wildman–Crippen LogP) is 6.33. The minimum Gasteiger partial charge on any atom is -0.507 e. The van der Waals surface area contributed by atoms with Crippen LogP contribution < -0.4 is 23.8 Å². The molecule has 1 saturated heterocycles. The molecule has 0 spiro atoms. The maximum absolute atomic E-state index is 13.7.